The van der Waals surface area contributed by atoms with Crippen LogP contribution in [0.15, 0.2) is 42.7 Å². The number of aromatic nitrogens is 3. The molecule has 0 unspecified atom stereocenters. The van der Waals surface area contributed by atoms with Crippen molar-refractivity contribution in [1.29, 1.82) is 0 Å². The number of amides is 2. The Kier molecular flexibility index (Phi) is 9.61. The number of pyridine rings is 1. The number of hydrogen-bond acceptors (Lipinski definition) is 8. The molecule has 0 bridgehead atoms. The lowest BCUT2D eigenvalue weighted by Gasteiger charge is -2.33. The van der Waals surface area contributed by atoms with Gasteiger partial charge in [-0.25, -0.2) is 14.5 Å². The minimum atomic E-state index is -2.85. The quantitative estimate of drug-likeness (QED) is 0.293. The summed E-state index contributed by atoms with van der Waals surface area (Å²) in [4.78, 5) is 33.8. The zero-order valence-corrected chi connectivity index (χ0v) is 24.6. The van der Waals surface area contributed by atoms with E-state index in [1.54, 1.807) is 17.0 Å². The molecule has 0 radical (unpaired) electrons. The first-order chi connectivity index (χ1) is 20.7. The highest BCUT2D eigenvalue weighted by atomic mass is 35.5. The highest BCUT2D eigenvalue weighted by molar-refractivity contribution is 6.30. The van der Waals surface area contributed by atoms with E-state index in [1.807, 2.05) is 31.1 Å². The van der Waals surface area contributed by atoms with Gasteiger partial charge in [0.2, 0.25) is 5.88 Å². The van der Waals surface area contributed by atoms with Crippen LogP contribution in [-0.2, 0) is 11.3 Å². The van der Waals surface area contributed by atoms with Crippen molar-refractivity contribution in [2.75, 3.05) is 40.4 Å². The summed E-state index contributed by atoms with van der Waals surface area (Å²) in [6, 6.07) is 8.48. The maximum absolute atomic E-state index is 13.5. The van der Waals surface area contributed by atoms with Gasteiger partial charge in [0.1, 0.15) is 29.7 Å². The molecule has 2 fully saturated rings. The molecule has 2 aliphatic rings. The number of rotatable bonds is 12. The van der Waals surface area contributed by atoms with Crippen molar-refractivity contribution in [2.24, 2.45) is 0 Å². The Morgan fingerprint density at radius 3 is 2.79 bits per heavy atom. The van der Waals surface area contributed by atoms with Crippen LogP contribution >= 0.6 is 11.6 Å². The van der Waals surface area contributed by atoms with E-state index >= 15 is 0 Å². The first kappa shape index (κ1) is 30.5. The summed E-state index contributed by atoms with van der Waals surface area (Å²) in [5.41, 5.74) is 1.46. The lowest BCUT2D eigenvalue weighted by Crippen LogP contribution is -2.44. The van der Waals surface area contributed by atoms with E-state index in [0.717, 1.165) is 12.1 Å². The lowest BCUT2D eigenvalue weighted by molar-refractivity contribution is 0.0566. The van der Waals surface area contributed by atoms with Crippen molar-refractivity contribution >= 4 is 23.6 Å². The third-order valence-electron chi connectivity index (χ3n) is 7.22. The van der Waals surface area contributed by atoms with E-state index in [-0.39, 0.29) is 66.4 Å². The average Bonchev–Trinajstić information content (AvgIpc) is 3.62. The average molecular weight is 619 g/mol. The van der Waals surface area contributed by atoms with Gasteiger partial charge in [-0.05, 0) is 38.2 Å². The molecule has 1 aromatic carbocycles. The summed E-state index contributed by atoms with van der Waals surface area (Å²) in [5.74, 6) is -0.187. The van der Waals surface area contributed by atoms with Crippen LogP contribution in [0.25, 0.3) is 11.3 Å². The molecule has 1 N–H and O–H groups in total. The monoisotopic (exact) mass is 618 g/mol. The zero-order valence-electron chi connectivity index (χ0n) is 23.8. The maximum atomic E-state index is 13.5. The Bertz CT molecular complexity index is 1440. The third kappa shape index (κ3) is 7.52. The van der Waals surface area contributed by atoms with Gasteiger partial charge in [-0.2, -0.15) is 13.9 Å². The molecule has 2 aromatic heterocycles. The summed E-state index contributed by atoms with van der Waals surface area (Å²) in [5, 5.41) is 7.23. The second kappa shape index (κ2) is 13.6. The number of fused-ring (bicyclic) bond motifs is 1. The van der Waals surface area contributed by atoms with E-state index in [4.69, 9.17) is 25.8 Å². The van der Waals surface area contributed by atoms with Crippen molar-refractivity contribution in [3.05, 3.63) is 58.9 Å². The molecule has 14 heteroatoms. The highest BCUT2D eigenvalue weighted by Crippen LogP contribution is 2.36. The number of cyclic esters (lactones) is 1. The van der Waals surface area contributed by atoms with Gasteiger partial charge in [0, 0.05) is 55.3 Å². The van der Waals surface area contributed by atoms with Gasteiger partial charge in [0.25, 0.3) is 5.91 Å². The molecule has 0 aliphatic carbocycles. The summed E-state index contributed by atoms with van der Waals surface area (Å²) in [6.45, 7) is -0.887. The summed E-state index contributed by atoms with van der Waals surface area (Å²) < 4.78 is 44.9. The normalized spacial score (nSPS) is 18.1. The Morgan fingerprint density at radius 2 is 2.07 bits per heavy atom. The van der Waals surface area contributed by atoms with E-state index < -0.39 is 12.5 Å². The molecular formula is C29H33ClF2N6O5. The van der Waals surface area contributed by atoms with Crippen LogP contribution in [-0.4, -0.2) is 89.1 Å². The summed E-state index contributed by atoms with van der Waals surface area (Å²) >= 11 is 5.99. The number of hydrogen-bond donors (Lipinski definition) is 1. The minimum absolute atomic E-state index is 0.0455. The van der Waals surface area contributed by atoms with Crippen LogP contribution in [0.1, 0.15) is 41.7 Å². The maximum Gasteiger partial charge on any atom is 0.410 e. The molecule has 2 saturated heterocycles. The number of halogens is 3. The molecule has 2 amide bonds. The third-order valence-corrected chi connectivity index (χ3v) is 7.47. The van der Waals surface area contributed by atoms with E-state index in [9.17, 15) is 18.4 Å². The van der Waals surface area contributed by atoms with E-state index in [0.29, 0.717) is 35.5 Å². The Labute approximate surface area is 252 Å². The van der Waals surface area contributed by atoms with Crippen molar-refractivity contribution < 1.29 is 32.6 Å². The first-order valence-corrected chi connectivity index (χ1v) is 14.3. The fraction of sp³-hybridized carbons (Fsp3) is 0.448. The number of nitrogens with one attached hydrogen (secondary N) is 1. The number of ether oxygens (including phenoxy) is 3. The topological polar surface area (TPSA) is 111 Å². The van der Waals surface area contributed by atoms with E-state index in [1.165, 1.54) is 18.5 Å². The predicted molar refractivity (Wildman–Crippen MR) is 153 cm³/mol. The molecule has 0 saturated carbocycles. The molecule has 230 valence electrons. The number of nitrogens with zero attached hydrogens (tertiary/aromatic N) is 5. The van der Waals surface area contributed by atoms with Crippen LogP contribution in [0.2, 0.25) is 5.02 Å². The smallest absolute Gasteiger partial charge is 0.410 e. The van der Waals surface area contributed by atoms with Gasteiger partial charge in [-0.3, -0.25) is 4.79 Å². The molecule has 0 spiro atoms. The highest BCUT2D eigenvalue weighted by Gasteiger charge is 2.39. The fourth-order valence-corrected chi connectivity index (χ4v) is 5.12. The lowest BCUT2D eigenvalue weighted by atomic mass is 10.0. The second-order valence-corrected chi connectivity index (χ2v) is 11.1. The number of carbonyl (C=O) groups excluding carboxylic acids is 2. The van der Waals surface area contributed by atoms with Crippen LogP contribution in [0.5, 0.6) is 11.6 Å². The number of benzene rings is 1. The fourth-order valence-electron chi connectivity index (χ4n) is 4.99. The van der Waals surface area contributed by atoms with Gasteiger partial charge in [0.15, 0.2) is 0 Å². The Hall–Kier alpha value is -3.97. The SMILES string of the molecule is CN(C)CCCOc1nc(-c2cnn(C(F)F)c2)c(O[C@H]2CCN3C(=O)OC[C@@H]3C2)cc1C(=O)NCc1ccc(Cl)cc1. The van der Waals surface area contributed by atoms with Gasteiger partial charge in [0.05, 0.1) is 18.8 Å². The second-order valence-electron chi connectivity index (χ2n) is 10.7. The summed E-state index contributed by atoms with van der Waals surface area (Å²) in [7, 11) is 3.88. The molecule has 43 heavy (non-hydrogen) atoms. The largest absolute Gasteiger partial charge is 0.488 e. The zero-order chi connectivity index (χ0) is 30.5. The molecular weight excluding hydrogens is 586 g/mol. The van der Waals surface area contributed by atoms with Crippen LogP contribution < -0.4 is 14.8 Å². The van der Waals surface area contributed by atoms with Crippen molar-refractivity contribution in [2.45, 2.75) is 44.5 Å². The molecule has 2 atom stereocenters. The molecule has 3 aromatic rings. The van der Waals surface area contributed by atoms with Crippen molar-refractivity contribution in [1.82, 2.24) is 29.9 Å². The van der Waals surface area contributed by atoms with Gasteiger partial charge in [-0.15, -0.1) is 0 Å². The van der Waals surface area contributed by atoms with Gasteiger partial charge < -0.3 is 29.3 Å². The molecule has 2 aliphatic heterocycles. The Balaban J connectivity index is 1.47. The van der Waals surface area contributed by atoms with Crippen molar-refractivity contribution in [3.8, 4) is 22.9 Å². The standard InChI is InChI=1S/C29H33ClF2N6O5/c1-36(2)9-3-11-41-27-23(26(39)33-14-18-4-6-20(30)7-5-18)13-24(25(35-27)19-15-34-38(16-19)28(31)32)43-22-8-10-37-21(12-22)17-42-29(37)40/h4-7,13,15-16,21-22,28H,3,8-12,14,17H2,1-2H3,(H,33,39)/t21-,22-/m0/s1. The van der Waals surface area contributed by atoms with Crippen LogP contribution in [0.4, 0.5) is 13.6 Å². The first-order valence-electron chi connectivity index (χ1n) is 14.0. The van der Waals surface area contributed by atoms with Gasteiger partial charge >= 0.3 is 12.6 Å². The van der Waals surface area contributed by atoms with Crippen LogP contribution in [0, 0.1) is 0 Å². The Morgan fingerprint density at radius 1 is 1.28 bits per heavy atom. The van der Waals surface area contributed by atoms with Gasteiger partial charge in [-0.1, -0.05) is 23.7 Å². The molecule has 5 rings (SSSR count). The van der Waals surface area contributed by atoms with Crippen LogP contribution in [0.3, 0.4) is 0 Å². The van der Waals surface area contributed by atoms with E-state index in [2.05, 4.69) is 15.4 Å². The minimum Gasteiger partial charge on any atom is -0.488 e. The number of carbonyl (C=O) groups is 2. The van der Waals surface area contributed by atoms with Crippen molar-refractivity contribution in [3.63, 3.8) is 0 Å². The number of alkyl halides is 2. The predicted octanol–water partition coefficient (Wildman–Crippen LogP) is 4.62. The molecule has 11 nitrogen and oxygen atoms in total. The molecule has 4 heterocycles. The summed E-state index contributed by atoms with van der Waals surface area (Å²) in [6.07, 6.45) is 3.44. The number of piperidine rings is 1.